The smallest absolute Gasteiger partial charge is 0.382 e. The fourth-order valence-electron chi connectivity index (χ4n) is 3.72. The lowest BCUT2D eigenvalue weighted by molar-refractivity contribution is -0.150. The van der Waals surface area contributed by atoms with Crippen LogP contribution in [0.25, 0.3) is 0 Å². The molecule has 11 heteroatoms. The van der Waals surface area contributed by atoms with E-state index in [9.17, 15) is 31.1 Å². The molecular weight excluding hydrogens is 450 g/mol. The number of pyridine rings is 1. The van der Waals surface area contributed by atoms with Crippen molar-refractivity contribution < 1.29 is 31.1 Å². The number of halogens is 6. The van der Waals surface area contributed by atoms with Crippen molar-refractivity contribution in [3.8, 4) is 0 Å². The van der Waals surface area contributed by atoms with Crippen LogP contribution in [0.5, 0.6) is 0 Å². The number of alkyl halides is 6. The van der Waals surface area contributed by atoms with Crippen molar-refractivity contribution in [3.63, 3.8) is 0 Å². The van der Waals surface area contributed by atoms with Crippen LogP contribution in [0.4, 0.5) is 37.7 Å². The van der Waals surface area contributed by atoms with Gasteiger partial charge in [-0.2, -0.15) is 26.3 Å². The lowest BCUT2D eigenvalue weighted by atomic mass is 9.90. The van der Waals surface area contributed by atoms with E-state index in [1.807, 2.05) is 25.1 Å². The number of carbonyl (C=O) groups excluding carboxylic acids is 1. The summed E-state index contributed by atoms with van der Waals surface area (Å²) >= 11 is 0. The van der Waals surface area contributed by atoms with E-state index >= 15 is 0 Å². The van der Waals surface area contributed by atoms with Gasteiger partial charge in [0.05, 0.1) is 0 Å². The number of nitrogens with zero attached hydrogens (tertiary/aromatic N) is 2. The predicted octanol–water partition coefficient (Wildman–Crippen LogP) is 5.34. The van der Waals surface area contributed by atoms with Crippen LogP contribution in [-0.4, -0.2) is 37.1 Å². The molecule has 1 heterocycles. The van der Waals surface area contributed by atoms with E-state index in [0.717, 1.165) is 5.69 Å². The van der Waals surface area contributed by atoms with Crippen LogP contribution in [0.1, 0.15) is 47.4 Å². The lowest BCUT2D eigenvalue weighted by Crippen LogP contribution is -2.40. The summed E-state index contributed by atoms with van der Waals surface area (Å²) < 4.78 is 78.0. The Balaban J connectivity index is 1.61. The van der Waals surface area contributed by atoms with Gasteiger partial charge in [0, 0.05) is 43.1 Å². The second kappa shape index (κ2) is 9.48. The standard InChI is InChI=1S/C22H24F6N4O/c1-32(2)17-5-3-4-13(10-17)20(33)30-15-8-6-14(7-9-15)29-16-11-18(21(23,24)25)31-19(12-16)22(26,27)28/h3-5,10-12,14-15H,6-9H2,1-2H3,(H,29,31)(H,30,33). The first-order valence-electron chi connectivity index (χ1n) is 10.3. The zero-order chi connectivity index (χ0) is 24.4. The molecule has 1 fully saturated rings. The van der Waals surface area contributed by atoms with E-state index in [2.05, 4.69) is 15.6 Å². The Morgan fingerprint density at radius 1 is 0.909 bits per heavy atom. The summed E-state index contributed by atoms with van der Waals surface area (Å²) in [6, 6.07) is 7.84. The van der Waals surface area contributed by atoms with E-state index in [-0.39, 0.29) is 23.7 Å². The summed E-state index contributed by atoms with van der Waals surface area (Å²) in [6.45, 7) is 0. The topological polar surface area (TPSA) is 57.3 Å². The highest BCUT2D eigenvalue weighted by Crippen LogP contribution is 2.35. The average Bonchev–Trinajstić information content (AvgIpc) is 2.73. The van der Waals surface area contributed by atoms with Crippen molar-refractivity contribution in [1.82, 2.24) is 10.3 Å². The van der Waals surface area contributed by atoms with Gasteiger partial charge < -0.3 is 15.5 Å². The number of nitrogens with one attached hydrogen (secondary N) is 2. The molecule has 2 aromatic rings. The second-order valence-corrected chi connectivity index (χ2v) is 8.23. The molecule has 33 heavy (non-hydrogen) atoms. The first-order chi connectivity index (χ1) is 15.3. The first kappa shape index (κ1) is 24.7. The Hall–Kier alpha value is -2.98. The van der Waals surface area contributed by atoms with Gasteiger partial charge in [-0.15, -0.1) is 0 Å². The van der Waals surface area contributed by atoms with Crippen molar-refractivity contribution in [2.75, 3.05) is 24.3 Å². The van der Waals surface area contributed by atoms with Gasteiger partial charge in [-0.3, -0.25) is 4.79 Å². The molecule has 0 aliphatic heterocycles. The highest BCUT2D eigenvalue weighted by molar-refractivity contribution is 5.95. The van der Waals surface area contributed by atoms with E-state index in [4.69, 9.17) is 0 Å². The molecule has 1 saturated carbocycles. The molecule has 0 spiro atoms. The van der Waals surface area contributed by atoms with Gasteiger partial charge in [-0.1, -0.05) is 6.07 Å². The van der Waals surface area contributed by atoms with Crippen molar-refractivity contribution in [1.29, 1.82) is 0 Å². The van der Waals surface area contributed by atoms with Gasteiger partial charge in [0.25, 0.3) is 5.91 Å². The predicted molar refractivity (Wildman–Crippen MR) is 112 cm³/mol. The van der Waals surface area contributed by atoms with Crippen molar-refractivity contribution in [2.24, 2.45) is 0 Å². The van der Waals surface area contributed by atoms with Gasteiger partial charge >= 0.3 is 12.4 Å². The SMILES string of the molecule is CN(C)c1cccc(C(=O)NC2CCC(Nc3cc(C(F)(F)F)nc(C(F)(F)F)c3)CC2)c1. The zero-order valence-corrected chi connectivity index (χ0v) is 18.0. The summed E-state index contributed by atoms with van der Waals surface area (Å²) in [7, 11) is 3.73. The number of hydrogen-bond acceptors (Lipinski definition) is 4. The van der Waals surface area contributed by atoms with Crippen molar-refractivity contribution in [3.05, 3.63) is 53.3 Å². The molecule has 1 amide bonds. The summed E-state index contributed by atoms with van der Waals surface area (Å²) in [6.07, 6.45) is -7.95. The van der Waals surface area contributed by atoms with Crippen LogP contribution < -0.4 is 15.5 Å². The summed E-state index contributed by atoms with van der Waals surface area (Å²) in [5.41, 5.74) is -2.08. The number of aromatic nitrogens is 1. The van der Waals surface area contributed by atoms with E-state index in [1.54, 1.807) is 18.2 Å². The third-order valence-electron chi connectivity index (χ3n) is 5.46. The number of carbonyl (C=O) groups is 1. The maximum atomic E-state index is 13.0. The third kappa shape index (κ3) is 6.52. The molecule has 1 aliphatic rings. The highest BCUT2D eigenvalue weighted by atomic mass is 19.4. The molecule has 0 unspecified atom stereocenters. The highest BCUT2D eigenvalue weighted by Gasteiger charge is 2.39. The molecule has 0 radical (unpaired) electrons. The normalized spacial score (nSPS) is 19.2. The number of benzene rings is 1. The zero-order valence-electron chi connectivity index (χ0n) is 18.0. The lowest BCUT2D eigenvalue weighted by Gasteiger charge is -2.30. The minimum Gasteiger partial charge on any atom is -0.382 e. The molecule has 2 N–H and O–H groups in total. The fourth-order valence-corrected chi connectivity index (χ4v) is 3.72. The van der Waals surface area contributed by atoms with Crippen molar-refractivity contribution in [2.45, 2.75) is 50.1 Å². The molecule has 1 aliphatic carbocycles. The van der Waals surface area contributed by atoms with Gasteiger partial charge in [0.2, 0.25) is 0 Å². The quantitative estimate of drug-likeness (QED) is 0.575. The van der Waals surface area contributed by atoms with Crippen LogP contribution >= 0.6 is 0 Å². The Morgan fingerprint density at radius 3 is 1.97 bits per heavy atom. The minimum absolute atomic E-state index is 0.132. The summed E-state index contributed by atoms with van der Waals surface area (Å²) in [5, 5.41) is 5.72. The Morgan fingerprint density at radius 2 is 1.45 bits per heavy atom. The van der Waals surface area contributed by atoms with Gasteiger partial charge in [0.15, 0.2) is 0 Å². The van der Waals surface area contributed by atoms with E-state index in [1.165, 1.54) is 0 Å². The largest absolute Gasteiger partial charge is 0.433 e. The molecule has 0 atom stereocenters. The maximum Gasteiger partial charge on any atom is 0.433 e. The average molecular weight is 474 g/mol. The summed E-state index contributed by atoms with van der Waals surface area (Å²) in [5.74, 6) is -0.228. The molecular formula is C22H24F6N4O. The van der Waals surface area contributed by atoms with E-state index < -0.39 is 23.7 Å². The van der Waals surface area contributed by atoms with Gasteiger partial charge in [-0.25, -0.2) is 4.98 Å². The Bertz CT molecular complexity index is 949. The third-order valence-corrected chi connectivity index (χ3v) is 5.46. The number of rotatable bonds is 5. The molecule has 1 aromatic heterocycles. The summed E-state index contributed by atoms with van der Waals surface area (Å²) in [4.78, 5) is 17.2. The first-order valence-corrected chi connectivity index (χ1v) is 10.3. The Kier molecular flexibility index (Phi) is 7.08. The van der Waals surface area contributed by atoms with Crippen LogP contribution in [-0.2, 0) is 12.4 Å². The monoisotopic (exact) mass is 474 g/mol. The molecule has 0 bridgehead atoms. The van der Waals surface area contributed by atoms with Crippen molar-refractivity contribution >= 4 is 17.3 Å². The van der Waals surface area contributed by atoms with Crippen LogP contribution in [0, 0.1) is 0 Å². The molecule has 1 aromatic carbocycles. The Labute approximate surface area is 187 Å². The second-order valence-electron chi connectivity index (χ2n) is 8.23. The van der Waals surface area contributed by atoms with Gasteiger partial charge in [-0.05, 0) is 56.0 Å². The molecule has 3 rings (SSSR count). The number of hydrogen-bond donors (Lipinski definition) is 2. The number of anilines is 2. The van der Waals surface area contributed by atoms with Crippen LogP contribution in [0.3, 0.4) is 0 Å². The van der Waals surface area contributed by atoms with Crippen LogP contribution in [0.15, 0.2) is 36.4 Å². The molecule has 180 valence electrons. The maximum absolute atomic E-state index is 13.0. The molecule has 5 nitrogen and oxygen atoms in total. The number of amides is 1. The van der Waals surface area contributed by atoms with E-state index in [0.29, 0.717) is 43.4 Å². The fraction of sp³-hybridized carbons (Fsp3) is 0.455. The molecule has 0 saturated heterocycles. The van der Waals surface area contributed by atoms with Crippen LogP contribution in [0.2, 0.25) is 0 Å². The van der Waals surface area contributed by atoms with Gasteiger partial charge in [0.1, 0.15) is 11.4 Å². The minimum atomic E-state index is -5.00.